The summed E-state index contributed by atoms with van der Waals surface area (Å²) < 4.78 is 1.75. The molecule has 2 rings (SSSR count). The molecule has 0 saturated heterocycles. The van der Waals surface area contributed by atoms with Crippen LogP contribution in [0.1, 0.15) is 10.4 Å². The van der Waals surface area contributed by atoms with Gasteiger partial charge in [0, 0.05) is 11.1 Å². The largest absolute Gasteiger partial charge is 0.381 e. The predicted octanol–water partition coefficient (Wildman–Crippen LogP) is 2.54. The molecule has 0 aromatic carbocycles. The minimum atomic E-state index is 0.388. The minimum absolute atomic E-state index is 0.388. The van der Waals surface area contributed by atoms with E-state index in [-0.39, 0.29) is 0 Å². The molecule has 0 saturated carbocycles. The van der Waals surface area contributed by atoms with Crippen LogP contribution < -0.4 is 5.73 Å². The van der Waals surface area contributed by atoms with Crippen molar-refractivity contribution in [1.29, 1.82) is 0 Å². The zero-order chi connectivity index (χ0) is 10.1. The number of anilines is 1. The van der Waals surface area contributed by atoms with Crippen LogP contribution in [-0.2, 0) is 6.54 Å². The summed E-state index contributed by atoms with van der Waals surface area (Å²) in [6, 6.07) is 2.14. The van der Waals surface area contributed by atoms with Crippen molar-refractivity contribution in [3.63, 3.8) is 0 Å². The van der Waals surface area contributed by atoms with Crippen LogP contribution in [0.3, 0.4) is 0 Å². The molecule has 0 aliphatic rings. The highest BCUT2D eigenvalue weighted by molar-refractivity contribution is 7.10. The van der Waals surface area contributed by atoms with E-state index in [1.807, 2.05) is 0 Å². The number of rotatable bonds is 2. The average molecular weight is 228 g/mol. The molecule has 0 aliphatic heterocycles. The van der Waals surface area contributed by atoms with Crippen molar-refractivity contribution in [2.75, 3.05) is 5.73 Å². The summed E-state index contributed by atoms with van der Waals surface area (Å²) in [4.78, 5) is 1.30. The van der Waals surface area contributed by atoms with Crippen LogP contribution in [0.5, 0.6) is 0 Å². The topological polar surface area (TPSA) is 43.8 Å². The first-order valence-electron chi connectivity index (χ1n) is 4.17. The van der Waals surface area contributed by atoms with Gasteiger partial charge in [0.25, 0.3) is 0 Å². The quantitative estimate of drug-likeness (QED) is 0.857. The smallest absolute Gasteiger partial charge is 0.164 e. The fraction of sp³-hybridized carbons (Fsp3) is 0.222. The van der Waals surface area contributed by atoms with Gasteiger partial charge in [-0.05, 0) is 23.9 Å². The molecule has 0 atom stereocenters. The molecule has 2 aromatic rings. The third kappa shape index (κ3) is 1.91. The number of nitrogens with zero attached hydrogens (tertiary/aromatic N) is 2. The monoisotopic (exact) mass is 227 g/mol. The summed E-state index contributed by atoms with van der Waals surface area (Å²) in [5, 5.41) is 6.71. The highest BCUT2D eigenvalue weighted by Crippen LogP contribution is 2.18. The van der Waals surface area contributed by atoms with Crippen LogP contribution >= 0.6 is 22.9 Å². The highest BCUT2D eigenvalue weighted by Gasteiger charge is 2.03. The van der Waals surface area contributed by atoms with Gasteiger partial charge in [-0.2, -0.15) is 5.10 Å². The van der Waals surface area contributed by atoms with Crippen LogP contribution in [0.15, 0.2) is 17.6 Å². The zero-order valence-electron chi connectivity index (χ0n) is 7.70. The van der Waals surface area contributed by atoms with Gasteiger partial charge in [0.2, 0.25) is 0 Å². The van der Waals surface area contributed by atoms with Gasteiger partial charge in [-0.25, -0.2) is 0 Å². The molecule has 5 heteroatoms. The SMILES string of the molecule is Cc1cc(Cn2cc(Cl)c(N)n2)cs1. The zero-order valence-corrected chi connectivity index (χ0v) is 9.27. The summed E-state index contributed by atoms with van der Waals surface area (Å²) in [6.45, 7) is 2.81. The number of aromatic nitrogens is 2. The summed E-state index contributed by atoms with van der Waals surface area (Å²) in [5.41, 5.74) is 6.77. The third-order valence-electron chi connectivity index (χ3n) is 1.87. The van der Waals surface area contributed by atoms with E-state index in [0.29, 0.717) is 10.8 Å². The number of hydrogen-bond donors (Lipinski definition) is 1. The van der Waals surface area contributed by atoms with Crippen molar-refractivity contribution in [3.05, 3.63) is 33.1 Å². The lowest BCUT2D eigenvalue weighted by molar-refractivity contribution is 0.692. The average Bonchev–Trinajstić information content (AvgIpc) is 2.62. The fourth-order valence-corrected chi connectivity index (χ4v) is 2.11. The number of nitrogens with two attached hydrogens (primary N) is 1. The molecule has 0 bridgehead atoms. The second kappa shape index (κ2) is 3.63. The number of nitrogen functional groups attached to an aromatic ring is 1. The third-order valence-corrected chi connectivity index (χ3v) is 3.07. The molecule has 0 aliphatic carbocycles. The van der Waals surface area contributed by atoms with E-state index >= 15 is 0 Å². The Kier molecular flexibility index (Phi) is 2.48. The first-order valence-corrected chi connectivity index (χ1v) is 5.43. The summed E-state index contributed by atoms with van der Waals surface area (Å²) >= 11 is 7.52. The lowest BCUT2D eigenvalue weighted by Crippen LogP contribution is -1.99. The van der Waals surface area contributed by atoms with Crippen molar-refractivity contribution in [1.82, 2.24) is 9.78 Å². The Morgan fingerprint density at radius 3 is 2.93 bits per heavy atom. The minimum Gasteiger partial charge on any atom is -0.381 e. The van der Waals surface area contributed by atoms with E-state index in [4.69, 9.17) is 17.3 Å². The summed E-state index contributed by atoms with van der Waals surface area (Å²) in [6.07, 6.45) is 1.74. The van der Waals surface area contributed by atoms with Gasteiger partial charge < -0.3 is 5.73 Å². The number of thiophene rings is 1. The lowest BCUT2D eigenvalue weighted by atomic mass is 10.3. The Balaban J connectivity index is 2.18. The van der Waals surface area contributed by atoms with Gasteiger partial charge in [-0.15, -0.1) is 11.3 Å². The maximum atomic E-state index is 5.80. The van der Waals surface area contributed by atoms with Crippen LogP contribution in [0.2, 0.25) is 5.02 Å². The molecule has 3 nitrogen and oxygen atoms in total. The predicted molar refractivity (Wildman–Crippen MR) is 59.8 cm³/mol. The molecular formula is C9H10ClN3S. The van der Waals surface area contributed by atoms with Gasteiger partial charge >= 0.3 is 0 Å². The Morgan fingerprint density at radius 2 is 2.43 bits per heavy atom. The first kappa shape index (κ1) is 9.55. The van der Waals surface area contributed by atoms with E-state index < -0.39 is 0 Å². The van der Waals surface area contributed by atoms with Crippen molar-refractivity contribution in [3.8, 4) is 0 Å². The number of hydrogen-bond acceptors (Lipinski definition) is 3. The Bertz CT molecular complexity index is 427. The molecule has 0 unspecified atom stereocenters. The van der Waals surface area contributed by atoms with E-state index in [1.165, 1.54) is 10.4 Å². The second-order valence-electron chi connectivity index (χ2n) is 3.13. The van der Waals surface area contributed by atoms with Gasteiger partial charge in [0.1, 0.15) is 5.02 Å². The molecular weight excluding hydrogens is 218 g/mol. The van der Waals surface area contributed by atoms with Gasteiger partial charge in [0.15, 0.2) is 5.82 Å². The van der Waals surface area contributed by atoms with E-state index in [9.17, 15) is 0 Å². The van der Waals surface area contributed by atoms with E-state index in [1.54, 1.807) is 22.2 Å². The fourth-order valence-electron chi connectivity index (χ4n) is 1.26. The van der Waals surface area contributed by atoms with Crippen LogP contribution in [0.25, 0.3) is 0 Å². The lowest BCUT2D eigenvalue weighted by Gasteiger charge is -1.96. The molecule has 2 N–H and O–H groups in total. The van der Waals surface area contributed by atoms with Gasteiger partial charge in [-0.3, -0.25) is 4.68 Å². The van der Waals surface area contributed by atoms with Crippen molar-refractivity contribution >= 4 is 28.8 Å². The Hall–Kier alpha value is -1.00. The van der Waals surface area contributed by atoms with E-state index in [0.717, 1.165) is 6.54 Å². The molecule has 2 aromatic heterocycles. The molecule has 0 spiro atoms. The van der Waals surface area contributed by atoms with Crippen molar-refractivity contribution < 1.29 is 0 Å². The molecule has 14 heavy (non-hydrogen) atoms. The molecule has 74 valence electrons. The molecule has 0 amide bonds. The van der Waals surface area contributed by atoms with Crippen molar-refractivity contribution in [2.24, 2.45) is 0 Å². The Morgan fingerprint density at radius 1 is 1.64 bits per heavy atom. The summed E-state index contributed by atoms with van der Waals surface area (Å²) in [7, 11) is 0. The maximum absolute atomic E-state index is 5.80. The van der Waals surface area contributed by atoms with Gasteiger partial charge in [0.05, 0.1) is 6.54 Å². The Labute approximate surface area is 91.1 Å². The second-order valence-corrected chi connectivity index (χ2v) is 4.65. The standard InChI is InChI=1S/C9H10ClN3S/c1-6-2-7(5-14-6)3-13-4-8(10)9(11)12-13/h2,4-5H,3H2,1H3,(H2,11,12). The van der Waals surface area contributed by atoms with Crippen LogP contribution in [0, 0.1) is 6.92 Å². The van der Waals surface area contributed by atoms with Gasteiger partial charge in [-0.1, -0.05) is 11.6 Å². The normalized spacial score (nSPS) is 10.7. The highest BCUT2D eigenvalue weighted by atomic mass is 35.5. The van der Waals surface area contributed by atoms with E-state index in [2.05, 4.69) is 23.5 Å². The number of aryl methyl sites for hydroxylation is 1. The van der Waals surface area contributed by atoms with Crippen LogP contribution in [0.4, 0.5) is 5.82 Å². The molecule has 0 radical (unpaired) electrons. The summed E-state index contributed by atoms with van der Waals surface area (Å²) in [5.74, 6) is 0.388. The first-order chi connectivity index (χ1) is 6.65. The van der Waals surface area contributed by atoms with Crippen LogP contribution in [-0.4, -0.2) is 9.78 Å². The number of halogens is 1. The molecule has 2 heterocycles. The van der Waals surface area contributed by atoms with Crippen molar-refractivity contribution in [2.45, 2.75) is 13.5 Å². The molecule has 0 fully saturated rings. The maximum Gasteiger partial charge on any atom is 0.164 e.